The van der Waals surface area contributed by atoms with Gasteiger partial charge in [-0.15, -0.1) is 6.58 Å². The van der Waals surface area contributed by atoms with Crippen molar-refractivity contribution in [3.8, 4) is 0 Å². The zero-order valence-corrected chi connectivity index (χ0v) is 6.51. The van der Waals surface area contributed by atoms with Gasteiger partial charge in [0.2, 0.25) is 5.91 Å². The van der Waals surface area contributed by atoms with Crippen LogP contribution in [0.25, 0.3) is 0 Å². The van der Waals surface area contributed by atoms with Gasteiger partial charge in [-0.1, -0.05) is 6.08 Å². The summed E-state index contributed by atoms with van der Waals surface area (Å²) >= 11 is 0. The molecule has 1 amide bonds. The van der Waals surface area contributed by atoms with Gasteiger partial charge in [-0.3, -0.25) is 4.79 Å². The number of nitrogens with one attached hydrogen (secondary N) is 1. The summed E-state index contributed by atoms with van der Waals surface area (Å²) in [5.74, 6) is 0.184. The number of ether oxygens (including phenoxy) is 1. The smallest absolute Gasteiger partial charge is 0.225 e. The van der Waals surface area contributed by atoms with Gasteiger partial charge < -0.3 is 10.1 Å². The lowest BCUT2D eigenvalue weighted by molar-refractivity contribution is -0.123. The molecule has 1 fully saturated rings. The fourth-order valence-electron chi connectivity index (χ4n) is 1.10. The quantitative estimate of drug-likeness (QED) is 0.469. The predicted octanol–water partition coefficient (Wildman–Crippen LogP) is 0.325. The average Bonchev–Trinajstić information content (AvgIpc) is 2.37. The molecule has 1 heterocycles. The Morgan fingerprint density at radius 1 is 1.82 bits per heavy atom. The minimum atomic E-state index is 0.0648. The zero-order chi connectivity index (χ0) is 8.10. The molecule has 0 bridgehead atoms. The van der Waals surface area contributed by atoms with E-state index in [1.165, 1.54) is 0 Å². The molecule has 0 aromatic rings. The predicted molar refractivity (Wildman–Crippen MR) is 42.1 cm³/mol. The van der Waals surface area contributed by atoms with E-state index in [0.717, 1.165) is 13.0 Å². The Bertz CT molecular complexity index is 156. The monoisotopic (exact) mass is 155 g/mol. The minimum absolute atomic E-state index is 0.0648. The fraction of sp³-hybridized carbons (Fsp3) is 0.625. The van der Waals surface area contributed by atoms with E-state index in [1.807, 2.05) is 0 Å². The number of amides is 1. The van der Waals surface area contributed by atoms with Crippen molar-refractivity contribution in [3.05, 3.63) is 12.7 Å². The van der Waals surface area contributed by atoms with Crippen LogP contribution in [0.1, 0.15) is 6.42 Å². The maximum Gasteiger partial charge on any atom is 0.225 e. The molecule has 11 heavy (non-hydrogen) atoms. The van der Waals surface area contributed by atoms with E-state index in [-0.39, 0.29) is 11.8 Å². The van der Waals surface area contributed by atoms with Crippen LogP contribution in [0.3, 0.4) is 0 Å². The van der Waals surface area contributed by atoms with Crippen LogP contribution < -0.4 is 5.32 Å². The number of rotatable bonds is 4. The molecule has 0 radical (unpaired) electrons. The topological polar surface area (TPSA) is 38.3 Å². The summed E-state index contributed by atoms with van der Waals surface area (Å²) in [6, 6.07) is 0. The molecule has 1 saturated heterocycles. The first-order valence-electron chi connectivity index (χ1n) is 3.81. The third-order valence-electron chi connectivity index (χ3n) is 1.72. The van der Waals surface area contributed by atoms with E-state index in [9.17, 15) is 4.79 Å². The Balaban J connectivity index is 2.15. The van der Waals surface area contributed by atoms with Gasteiger partial charge in [0.25, 0.3) is 0 Å². The molecule has 0 aromatic carbocycles. The lowest BCUT2D eigenvalue weighted by atomic mass is 10.1. The molecule has 1 aliphatic rings. The molecule has 3 nitrogen and oxygen atoms in total. The van der Waals surface area contributed by atoms with Gasteiger partial charge in [0.05, 0.1) is 19.1 Å². The van der Waals surface area contributed by atoms with Gasteiger partial charge in [0, 0.05) is 6.54 Å². The molecular formula is C8H13NO2. The number of carbonyl (C=O) groups excluding carboxylic acids is 1. The van der Waals surface area contributed by atoms with Crippen LogP contribution in [0.4, 0.5) is 0 Å². The van der Waals surface area contributed by atoms with Gasteiger partial charge in [-0.05, 0) is 6.42 Å². The molecular weight excluding hydrogens is 142 g/mol. The third-order valence-corrected chi connectivity index (χ3v) is 1.72. The van der Waals surface area contributed by atoms with E-state index in [4.69, 9.17) is 4.74 Å². The van der Waals surface area contributed by atoms with Gasteiger partial charge in [-0.2, -0.15) is 0 Å². The highest BCUT2D eigenvalue weighted by Crippen LogP contribution is 2.08. The summed E-state index contributed by atoms with van der Waals surface area (Å²) in [5, 5.41) is 2.75. The maximum atomic E-state index is 11.0. The number of carbonyl (C=O) groups is 1. The Morgan fingerprint density at radius 2 is 2.64 bits per heavy atom. The zero-order valence-electron chi connectivity index (χ0n) is 6.51. The Hall–Kier alpha value is -0.830. The minimum Gasteiger partial charge on any atom is -0.377 e. The molecule has 3 heteroatoms. The van der Waals surface area contributed by atoms with Crippen molar-refractivity contribution in [3.63, 3.8) is 0 Å². The van der Waals surface area contributed by atoms with Crippen molar-refractivity contribution in [2.75, 3.05) is 19.8 Å². The highest BCUT2D eigenvalue weighted by Gasteiger charge is 2.23. The van der Waals surface area contributed by atoms with Crippen molar-refractivity contribution in [2.45, 2.75) is 6.42 Å². The first-order chi connectivity index (χ1) is 5.34. The van der Waals surface area contributed by atoms with Crippen LogP contribution in [0.5, 0.6) is 0 Å². The van der Waals surface area contributed by atoms with E-state index in [0.29, 0.717) is 13.2 Å². The summed E-state index contributed by atoms with van der Waals surface area (Å²) in [4.78, 5) is 11.0. The Morgan fingerprint density at radius 3 is 3.18 bits per heavy atom. The second-order valence-electron chi connectivity index (χ2n) is 2.60. The van der Waals surface area contributed by atoms with E-state index < -0.39 is 0 Å². The number of hydrogen-bond donors (Lipinski definition) is 1. The van der Waals surface area contributed by atoms with Crippen LogP contribution in [-0.2, 0) is 9.53 Å². The maximum absolute atomic E-state index is 11.0. The van der Waals surface area contributed by atoms with Gasteiger partial charge in [0.1, 0.15) is 0 Å². The van der Waals surface area contributed by atoms with Crippen molar-refractivity contribution < 1.29 is 9.53 Å². The van der Waals surface area contributed by atoms with Crippen molar-refractivity contribution in [2.24, 2.45) is 5.92 Å². The first kappa shape index (κ1) is 8.27. The number of hydrogen-bond acceptors (Lipinski definition) is 2. The van der Waals surface area contributed by atoms with Crippen molar-refractivity contribution >= 4 is 5.91 Å². The van der Waals surface area contributed by atoms with Crippen molar-refractivity contribution in [1.82, 2.24) is 5.32 Å². The molecule has 1 atom stereocenters. The molecule has 0 saturated carbocycles. The first-order valence-corrected chi connectivity index (χ1v) is 3.81. The lowest BCUT2D eigenvalue weighted by Crippen LogP contribution is -2.22. The average molecular weight is 155 g/mol. The van der Waals surface area contributed by atoms with Crippen molar-refractivity contribution in [1.29, 1.82) is 0 Å². The van der Waals surface area contributed by atoms with Gasteiger partial charge in [0.15, 0.2) is 0 Å². The van der Waals surface area contributed by atoms with Gasteiger partial charge in [-0.25, -0.2) is 0 Å². The summed E-state index contributed by atoms with van der Waals surface area (Å²) in [6.07, 6.45) is 2.59. The fourth-order valence-corrected chi connectivity index (χ4v) is 1.10. The summed E-state index contributed by atoms with van der Waals surface area (Å²) < 4.78 is 5.16. The standard InChI is InChI=1S/C8H13NO2/c1-2-5-11-6-7-3-4-9-8(7)10/h2,7H,1,3-6H2,(H,9,10). The highest BCUT2D eigenvalue weighted by atomic mass is 16.5. The van der Waals surface area contributed by atoms with E-state index in [1.54, 1.807) is 6.08 Å². The summed E-state index contributed by atoms with van der Waals surface area (Å²) in [7, 11) is 0. The molecule has 0 aromatic heterocycles. The van der Waals surface area contributed by atoms with Crippen LogP contribution in [0.15, 0.2) is 12.7 Å². The largest absolute Gasteiger partial charge is 0.377 e. The normalized spacial score (nSPS) is 23.3. The second-order valence-corrected chi connectivity index (χ2v) is 2.60. The van der Waals surface area contributed by atoms with E-state index in [2.05, 4.69) is 11.9 Å². The van der Waals surface area contributed by atoms with Crippen LogP contribution in [-0.4, -0.2) is 25.7 Å². The molecule has 0 aliphatic carbocycles. The Kier molecular flexibility index (Phi) is 3.11. The second kappa shape index (κ2) is 4.13. The van der Waals surface area contributed by atoms with Crippen LogP contribution >= 0.6 is 0 Å². The van der Waals surface area contributed by atoms with Gasteiger partial charge >= 0.3 is 0 Å². The highest BCUT2D eigenvalue weighted by molar-refractivity contribution is 5.80. The molecule has 1 rings (SSSR count). The molecule has 1 N–H and O–H groups in total. The summed E-state index contributed by atoms with van der Waals surface area (Å²) in [6.45, 7) is 5.37. The third kappa shape index (κ3) is 2.35. The van der Waals surface area contributed by atoms with E-state index >= 15 is 0 Å². The molecule has 1 unspecified atom stereocenters. The molecule has 1 aliphatic heterocycles. The van der Waals surface area contributed by atoms with Crippen LogP contribution in [0, 0.1) is 5.92 Å². The van der Waals surface area contributed by atoms with Crippen LogP contribution in [0.2, 0.25) is 0 Å². The lowest BCUT2D eigenvalue weighted by Gasteiger charge is -2.05. The summed E-state index contributed by atoms with van der Waals surface area (Å²) in [5.41, 5.74) is 0. The molecule has 0 spiro atoms. The Labute approximate surface area is 66.4 Å². The SMILES string of the molecule is C=CCOCC1CCNC1=O. The molecule has 62 valence electrons.